The third-order valence-electron chi connectivity index (χ3n) is 4.09. The number of hydrogen-bond donors (Lipinski definition) is 3. The van der Waals surface area contributed by atoms with E-state index in [2.05, 4.69) is 30.9 Å². The van der Waals surface area contributed by atoms with Crippen LogP contribution in [0.3, 0.4) is 0 Å². The number of halogens is 6. The van der Waals surface area contributed by atoms with Crippen molar-refractivity contribution in [3.8, 4) is 5.88 Å². The van der Waals surface area contributed by atoms with E-state index in [4.69, 9.17) is 11.6 Å². The molecule has 1 fully saturated rings. The van der Waals surface area contributed by atoms with E-state index in [1.165, 1.54) is 0 Å². The Morgan fingerprint density at radius 1 is 1.26 bits per heavy atom. The quantitative estimate of drug-likeness (QED) is 0.448. The average Bonchev–Trinajstić information content (AvgIpc) is 3.16. The number of carbonyl (C=O) groups is 2. The van der Waals surface area contributed by atoms with Crippen molar-refractivity contribution in [2.24, 2.45) is 0 Å². The van der Waals surface area contributed by atoms with Crippen LogP contribution in [0.5, 0.6) is 5.88 Å². The van der Waals surface area contributed by atoms with Crippen LogP contribution in [0.1, 0.15) is 17.3 Å². The Labute approximate surface area is 176 Å². The molecule has 0 spiro atoms. The van der Waals surface area contributed by atoms with E-state index in [1.807, 2.05) is 0 Å². The van der Waals surface area contributed by atoms with Crippen molar-refractivity contribution in [2.45, 2.75) is 18.3 Å². The van der Waals surface area contributed by atoms with Gasteiger partial charge in [-0.2, -0.15) is 13.2 Å². The normalized spacial score (nSPS) is 17.0. The Morgan fingerprint density at radius 2 is 2.00 bits per heavy atom. The topological polar surface area (TPSA) is 105 Å². The second-order valence-electron chi connectivity index (χ2n) is 6.31. The summed E-state index contributed by atoms with van der Waals surface area (Å²) in [6.07, 6.45) is -4.59. The Balaban J connectivity index is 1.89. The fourth-order valence-electron chi connectivity index (χ4n) is 2.65. The first-order valence-corrected chi connectivity index (χ1v) is 8.94. The van der Waals surface area contributed by atoms with Crippen LogP contribution in [0.4, 0.5) is 26.7 Å². The predicted octanol–water partition coefficient (Wildman–Crippen LogP) is 2.24. The molecule has 0 saturated carbocycles. The number of amides is 3. The van der Waals surface area contributed by atoms with Crippen LogP contribution >= 0.6 is 11.6 Å². The fourth-order valence-corrected chi connectivity index (χ4v) is 2.82. The minimum absolute atomic E-state index is 0.0417. The zero-order valence-electron chi connectivity index (χ0n) is 15.3. The number of hydrogen-bond acceptors (Lipinski definition) is 5. The lowest BCUT2D eigenvalue weighted by Gasteiger charge is -2.21. The summed E-state index contributed by atoms with van der Waals surface area (Å²) in [6, 6.07) is 1.14. The second kappa shape index (κ2) is 8.88. The molecule has 166 valence electrons. The molecule has 3 rings (SSSR count). The highest BCUT2D eigenvalue weighted by molar-refractivity contribution is 6.31. The van der Waals surface area contributed by atoms with E-state index >= 15 is 0 Å². The Kier molecular flexibility index (Phi) is 6.43. The third-order valence-corrected chi connectivity index (χ3v) is 4.44. The number of benzene rings is 1. The summed E-state index contributed by atoms with van der Waals surface area (Å²) < 4.78 is 69.4. The first-order chi connectivity index (χ1) is 14.5. The molecule has 31 heavy (non-hydrogen) atoms. The van der Waals surface area contributed by atoms with Gasteiger partial charge in [-0.1, -0.05) is 17.7 Å². The van der Waals surface area contributed by atoms with Crippen LogP contribution < -0.4 is 20.7 Å². The molecular formula is C17H13ClF5N5O3. The summed E-state index contributed by atoms with van der Waals surface area (Å²) in [5, 5.41) is 13.5. The van der Waals surface area contributed by atoms with E-state index in [9.17, 15) is 31.5 Å². The molecule has 3 N–H and O–H groups in total. The summed E-state index contributed by atoms with van der Waals surface area (Å²) >= 11 is 5.61. The lowest BCUT2D eigenvalue weighted by Crippen LogP contribution is -2.44. The van der Waals surface area contributed by atoms with Crippen molar-refractivity contribution in [3.05, 3.63) is 52.2 Å². The van der Waals surface area contributed by atoms with Crippen LogP contribution in [0.15, 0.2) is 24.3 Å². The Hall–Kier alpha value is -3.22. The molecule has 0 radical (unpaired) electrons. The first-order valence-electron chi connectivity index (χ1n) is 8.56. The van der Waals surface area contributed by atoms with Gasteiger partial charge in [0, 0.05) is 18.2 Å². The number of alkyl halides is 3. The van der Waals surface area contributed by atoms with Gasteiger partial charge in [0.05, 0.1) is 5.69 Å². The maximum Gasteiger partial charge on any atom is 0.422 e. The van der Waals surface area contributed by atoms with E-state index in [1.54, 1.807) is 0 Å². The molecule has 1 unspecified atom stereocenters. The third kappa shape index (κ3) is 5.48. The van der Waals surface area contributed by atoms with Crippen molar-refractivity contribution < 1.29 is 36.3 Å². The number of rotatable bonds is 6. The summed E-state index contributed by atoms with van der Waals surface area (Å²) in [6.45, 7) is -1.64. The zero-order valence-corrected chi connectivity index (χ0v) is 16.0. The molecule has 1 aromatic carbocycles. The maximum atomic E-state index is 14.6. The van der Waals surface area contributed by atoms with Crippen LogP contribution in [0.2, 0.25) is 5.02 Å². The predicted molar refractivity (Wildman–Crippen MR) is 95.3 cm³/mol. The molecular weight excluding hydrogens is 453 g/mol. The highest BCUT2D eigenvalue weighted by atomic mass is 35.5. The average molecular weight is 466 g/mol. The van der Waals surface area contributed by atoms with Gasteiger partial charge in [0.25, 0.3) is 0 Å². The Morgan fingerprint density at radius 3 is 2.58 bits per heavy atom. The van der Waals surface area contributed by atoms with E-state index in [0.717, 1.165) is 24.3 Å². The molecule has 1 aliphatic heterocycles. The van der Waals surface area contributed by atoms with Gasteiger partial charge in [0.15, 0.2) is 6.61 Å². The molecule has 2 atom stereocenters. The van der Waals surface area contributed by atoms with Crippen molar-refractivity contribution in [1.82, 2.24) is 26.1 Å². The summed E-state index contributed by atoms with van der Waals surface area (Å²) in [5.74, 6) is -3.42. The smallest absolute Gasteiger partial charge is 0.422 e. The molecule has 2 aromatic rings. The van der Waals surface area contributed by atoms with Crippen LogP contribution in [0, 0.1) is 11.6 Å². The molecule has 1 saturated heterocycles. The lowest BCUT2D eigenvalue weighted by atomic mass is 10.0. The highest BCUT2D eigenvalue weighted by Gasteiger charge is 2.32. The molecule has 0 aliphatic carbocycles. The molecule has 1 aromatic heterocycles. The molecule has 14 heteroatoms. The molecule has 8 nitrogen and oxygen atoms in total. The van der Waals surface area contributed by atoms with Crippen molar-refractivity contribution in [3.63, 3.8) is 0 Å². The molecule has 3 amide bonds. The lowest BCUT2D eigenvalue weighted by molar-refractivity contribution is -0.154. The molecule has 2 heterocycles. The van der Waals surface area contributed by atoms with Crippen LogP contribution in [-0.4, -0.2) is 47.5 Å². The Bertz CT molecular complexity index is 989. The van der Waals surface area contributed by atoms with Gasteiger partial charge < -0.3 is 20.7 Å². The monoisotopic (exact) mass is 465 g/mol. The number of aromatic nitrogens is 2. The van der Waals surface area contributed by atoms with Gasteiger partial charge in [0.2, 0.25) is 11.8 Å². The summed E-state index contributed by atoms with van der Waals surface area (Å²) in [5.41, 5.74) is -0.387. The minimum Gasteiger partial charge on any atom is -0.467 e. The standard InChI is InChI=1S/C17H13ClF5N5O3/c18-12-8(19)2-1-7(13(12)20)14(26-15(29)10-5-24-16(30)25-10)9-3-4-11(28-27-9)31-6-17(21,22)23/h1-4,10,14H,5-6H2,(H,26,29)(H2,24,25,30)/t10-,14?/m0/s1. The van der Waals surface area contributed by atoms with Gasteiger partial charge in [-0.3, -0.25) is 4.79 Å². The summed E-state index contributed by atoms with van der Waals surface area (Å²) in [7, 11) is 0. The van der Waals surface area contributed by atoms with Crippen molar-refractivity contribution in [2.75, 3.05) is 13.2 Å². The zero-order chi connectivity index (χ0) is 22.8. The van der Waals surface area contributed by atoms with Crippen LogP contribution in [0.25, 0.3) is 0 Å². The van der Waals surface area contributed by atoms with Crippen LogP contribution in [-0.2, 0) is 4.79 Å². The maximum absolute atomic E-state index is 14.6. The molecule has 1 aliphatic rings. The number of carbonyl (C=O) groups excluding carboxylic acids is 2. The van der Waals surface area contributed by atoms with Gasteiger partial charge in [0.1, 0.15) is 28.7 Å². The fraction of sp³-hybridized carbons (Fsp3) is 0.294. The van der Waals surface area contributed by atoms with Crippen molar-refractivity contribution >= 4 is 23.5 Å². The number of urea groups is 1. The minimum atomic E-state index is -4.59. The van der Waals surface area contributed by atoms with Gasteiger partial charge in [-0.05, 0) is 12.1 Å². The number of ether oxygens (including phenoxy) is 1. The van der Waals surface area contributed by atoms with E-state index < -0.39 is 59.3 Å². The van der Waals surface area contributed by atoms with Gasteiger partial charge in [-0.25, -0.2) is 13.6 Å². The second-order valence-corrected chi connectivity index (χ2v) is 6.69. The number of nitrogens with zero attached hydrogens (tertiary/aromatic N) is 2. The highest BCUT2D eigenvalue weighted by Crippen LogP contribution is 2.29. The van der Waals surface area contributed by atoms with E-state index in [-0.39, 0.29) is 17.8 Å². The van der Waals surface area contributed by atoms with E-state index in [0.29, 0.717) is 0 Å². The first kappa shape index (κ1) is 22.5. The van der Waals surface area contributed by atoms with Gasteiger partial charge >= 0.3 is 12.2 Å². The van der Waals surface area contributed by atoms with Gasteiger partial charge in [-0.15, -0.1) is 10.2 Å². The van der Waals surface area contributed by atoms with Crippen molar-refractivity contribution in [1.29, 1.82) is 0 Å². The molecule has 0 bridgehead atoms. The largest absolute Gasteiger partial charge is 0.467 e. The SMILES string of the molecule is O=C1NC[C@@H](C(=O)NC(c2ccc(OCC(F)(F)F)nn2)c2ccc(F)c(Cl)c2F)N1. The summed E-state index contributed by atoms with van der Waals surface area (Å²) in [4.78, 5) is 23.7. The number of nitrogens with one attached hydrogen (secondary N) is 3.